The van der Waals surface area contributed by atoms with E-state index >= 15 is 0 Å². The second-order valence-corrected chi connectivity index (χ2v) is 6.11. The van der Waals surface area contributed by atoms with Crippen LogP contribution in [0.25, 0.3) is 0 Å². The van der Waals surface area contributed by atoms with Crippen LogP contribution in [-0.4, -0.2) is 45.2 Å². The molecule has 108 valence electrons. The summed E-state index contributed by atoms with van der Waals surface area (Å²) in [4.78, 5) is 2.18. The minimum absolute atomic E-state index is 0.629. The van der Waals surface area contributed by atoms with Crippen molar-refractivity contribution in [3.05, 3.63) is 27.2 Å². The van der Waals surface area contributed by atoms with E-state index in [4.69, 9.17) is 16.3 Å². The first-order valence-electron chi connectivity index (χ1n) is 6.44. The van der Waals surface area contributed by atoms with Crippen molar-refractivity contribution < 1.29 is 4.74 Å². The lowest BCUT2D eigenvalue weighted by Gasteiger charge is -2.13. The zero-order valence-corrected chi connectivity index (χ0v) is 14.1. The monoisotopic (exact) mass is 348 g/mol. The van der Waals surface area contributed by atoms with Gasteiger partial charge in [0.15, 0.2) is 0 Å². The molecular formula is C14H22BrClN2O. The predicted octanol–water partition coefficient (Wildman–Crippen LogP) is 3.33. The van der Waals surface area contributed by atoms with E-state index in [2.05, 4.69) is 40.2 Å². The van der Waals surface area contributed by atoms with Crippen molar-refractivity contribution in [2.24, 2.45) is 0 Å². The van der Waals surface area contributed by atoms with E-state index in [1.807, 2.05) is 19.1 Å². The maximum absolute atomic E-state index is 6.15. The molecule has 3 nitrogen and oxygen atoms in total. The van der Waals surface area contributed by atoms with Crippen molar-refractivity contribution in [1.82, 2.24) is 10.2 Å². The van der Waals surface area contributed by atoms with E-state index in [1.54, 1.807) is 0 Å². The van der Waals surface area contributed by atoms with Gasteiger partial charge in [-0.2, -0.15) is 0 Å². The largest absolute Gasteiger partial charge is 0.490 e. The van der Waals surface area contributed by atoms with Crippen molar-refractivity contribution in [3.8, 4) is 5.75 Å². The van der Waals surface area contributed by atoms with Crippen molar-refractivity contribution in [2.45, 2.75) is 13.3 Å². The van der Waals surface area contributed by atoms with Gasteiger partial charge in [0.05, 0.1) is 5.02 Å². The van der Waals surface area contributed by atoms with E-state index in [0.717, 1.165) is 41.8 Å². The number of nitrogens with one attached hydrogen (secondary N) is 1. The molecule has 0 aliphatic rings. The first kappa shape index (κ1) is 16.8. The maximum Gasteiger partial charge on any atom is 0.140 e. The molecule has 5 heteroatoms. The van der Waals surface area contributed by atoms with Crippen LogP contribution in [0.5, 0.6) is 5.75 Å². The summed E-state index contributed by atoms with van der Waals surface area (Å²) in [6, 6.07) is 3.86. The Labute approximate surface area is 129 Å². The average Bonchev–Trinajstić information content (AvgIpc) is 2.30. The Hall–Kier alpha value is -0.290. The summed E-state index contributed by atoms with van der Waals surface area (Å²) in [7, 11) is 4.17. The zero-order chi connectivity index (χ0) is 14.3. The highest BCUT2D eigenvalue weighted by Gasteiger charge is 2.06. The van der Waals surface area contributed by atoms with Gasteiger partial charge in [0.25, 0.3) is 0 Å². The topological polar surface area (TPSA) is 24.5 Å². The molecule has 1 aromatic carbocycles. The highest BCUT2D eigenvalue weighted by molar-refractivity contribution is 9.10. The average molecular weight is 350 g/mol. The fraction of sp³-hybridized carbons (Fsp3) is 0.571. The third-order valence-corrected chi connectivity index (χ3v) is 3.42. The molecule has 0 radical (unpaired) electrons. The molecule has 0 unspecified atom stereocenters. The molecule has 19 heavy (non-hydrogen) atoms. The van der Waals surface area contributed by atoms with Crippen LogP contribution in [0.4, 0.5) is 0 Å². The van der Waals surface area contributed by atoms with Gasteiger partial charge in [-0.25, -0.2) is 0 Å². The highest BCUT2D eigenvalue weighted by Crippen LogP contribution is 2.31. The predicted molar refractivity (Wildman–Crippen MR) is 85.4 cm³/mol. The smallest absolute Gasteiger partial charge is 0.140 e. The minimum atomic E-state index is 0.629. The number of hydrogen-bond acceptors (Lipinski definition) is 3. The Morgan fingerprint density at radius 3 is 2.68 bits per heavy atom. The van der Waals surface area contributed by atoms with Crippen LogP contribution in [0, 0.1) is 6.92 Å². The van der Waals surface area contributed by atoms with Gasteiger partial charge < -0.3 is 15.0 Å². The fourth-order valence-corrected chi connectivity index (χ4v) is 2.77. The molecule has 0 aliphatic carbocycles. The van der Waals surface area contributed by atoms with Gasteiger partial charge in [-0.15, -0.1) is 0 Å². The first-order valence-corrected chi connectivity index (χ1v) is 7.61. The molecule has 1 aromatic rings. The number of hydrogen-bond donors (Lipinski definition) is 1. The van der Waals surface area contributed by atoms with E-state index in [1.165, 1.54) is 0 Å². The summed E-state index contributed by atoms with van der Waals surface area (Å²) < 4.78 is 6.70. The van der Waals surface area contributed by atoms with Crippen molar-refractivity contribution in [3.63, 3.8) is 0 Å². The van der Waals surface area contributed by atoms with Crippen LogP contribution in [-0.2, 0) is 0 Å². The third-order valence-electron chi connectivity index (χ3n) is 2.68. The summed E-state index contributed by atoms with van der Waals surface area (Å²) in [6.07, 6.45) is 1.14. The second-order valence-electron chi connectivity index (χ2n) is 4.79. The number of rotatable bonds is 8. The van der Waals surface area contributed by atoms with E-state index in [0.29, 0.717) is 11.6 Å². The Bertz CT molecular complexity index is 376. The first-order chi connectivity index (χ1) is 9.00. The van der Waals surface area contributed by atoms with E-state index in [9.17, 15) is 0 Å². The van der Waals surface area contributed by atoms with E-state index in [-0.39, 0.29) is 0 Å². The van der Waals surface area contributed by atoms with Gasteiger partial charge in [0.2, 0.25) is 0 Å². The maximum atomic E-state index is 6.15. The lowest BCUT2D eigenvalue weighted by Crippen LogP contribution is -2.25. The van der Waals surface area contributed by atoms with Crippen molar-refractivity contribution in [2.75, 3.05) is 40.3 Å². The minimum Gasteiger partial charge on any atom is -0.490 e. The molecule has 0 aliphatic heterocycles. The van der Waals surface area contributed by atoms with Gasteiger partial charge in [-0.1, -0.05) is 27.5 Å². The molecule has 0 fully saturated rings. The third kappa shape index (κ3) is 6.61. The summed E-state index contributed by atoms with van der Waals surface area (Å²) in [5.41, 5.74) is 1.05. The van der Waals surface area contributed by atoms with Gasteiger partial charge in [0.1, 0.15) is 12.4 Å². The molecule has 0 spiro atoms. The molecule has 0 saturated carbocycles. The molecular weight excluding hydrogens is 328 g/mol. The van der Waals surface area contributed by atoms with Crippen molar-refractivity contribution >= 4 is 27.5 Å². The summed E-state index contributed by atoms with van der Waals surface area (Å²) in [5, 5.41) is 4.01. The van der Waals surface area contributed by atoms with E-state index < -0.39 is 0 Å². The molecule has 1 N–H and O–H groups in total. The SMILES string of the molecule is Cc1cc(Br)cc(Cl)c1OCCNCCCN(C)C. The quantitative estimate of drug-likeness (QED) is 0.729. The molecule has 1 rings (SSSR count). The standard InChI is InChI=1S/C14H22BrClN2O/c1-11-9-12(15)10-13(16)14(11)19-8-6-17-5-4-7-18(2)3/h9-10,17H,4-8H2,1-3H3. The zero-order valence-electron chi connectivity index (χ0n) is 11.8. The van der Waals surface area contributed by atoms with Crippen LogP contribution in [0.1, 0.15) is 12.0 Å². The van der Waals surface area contributed by atoms with Gasteiger partial charge >= 0.3 is 0 Å². The summed E-state index contributed by atoms with van der Waals surface area (Å²) in [5.74, 6) is 0.778. The van der Waals surface area contributed by atoms with Gasteiger partial charge in [-0.05, 0) is 58.2 Å². The van der Waals surface area contributed by atoms with Crippen LogP contribution in [0.15, 0.2) is 16.6 Å². The lowest BCUT2D eigenvalue weighted by molar-refractivity contribution is 0.309. The Morgan fingerprint density at radius 2 is 2.05 bits per heavy atom. The number of halogens is 2. The fourth-order valence-electron chi connectivity index (χ4n) is 1.74. The second kappa shape index (κ2) is 8.80. The van der Waals surface area contributed by atoms with Gasteiger partial charge in [0, 0.05) is 11.0 Å². The summed E-state index contributed by atoms with van der Waals surface area (Å²) >= 11 is 9.56. The van der Waals surface area contributed by atoms with Crippen LogP contribution in [0.2, 0.25) is 5.02 Å². The van der Waals surface area contributed by atoms with Crippen LogP contribution < -0.4 is 10.1 Å². The lowest BCUT2D eigenvalue weighted by atomic mass is 10.2. The molecule has 0 heterocycles. The number of aryl methyl sites for hydroxylation is 1. The molecule has 0 aromatic heterocycles. The molecule has 0 atom stereocenters. The molecule has 0 amide bonds. The Balaban J connectivity index is 2.23. The summed E-state index contributed by atoms with van der Waals surface area (Å²) in [6.45, 7) is 5.57. The van der Waals surface area contributed by atoms with Crippen LogP contribution in [0.3, 0.4) is 0 Å². The normalized spacial score (nSPS) is 11.1. The van der Waals surface area contributed by atoms with Crippen molar-refractivity contribution in [1.29, 1.82) is 0 Å². The molecule has 0 saturated heterocycles. The Morgan fingerprint density at radius 1 is 1.32 bits per heavy atom. The molecule has 0 bridgehead atoms. The number of ether oxygens (including phenoxy) is 1. The number of nitrogens with zero attached hydrogens (tertiary/aromatic N) is 1. The van der Waals surface area contributed by atoms with Crippen LogP contribution >= 0.6 is 27.5 Å². The van der Waals surface area contributed by atoms with Gasteiger partial charge in [-0.3, -0.25) is 0 Å². The Kier molecular flexibility index (Phi) is 7.76. The highest BCUT2D eigenvalue weighted by atomic mass is 79.9. The number of benzene rings is 1.